The van der Waals surface area contributed by atoms with Crippen LogP contribution < -0.4 is 15.5 Å². The van der Waals surface area contributed by atoms with Crippen LogP contribution in [-0.4, -0.2) is 51.4 Å². The molecule has 1 saturated heterocycles. The summed E-state index contributed by atoms with van der Waals surface area (Å²) in [7, 11) is 0. The highest BCUT2D eigenvalue weighted by Crippen LogP contribution is 2.15. The molecule has 3 aromatic heterocycles. The fourth-order valence-electron chi connectivity index (χ4n) is 2.88. The number of amides is 1. The maximum absolute atomic E-state index is 12.4. The van der Waals surface area contributed by atoms with E-state index in [0.29, 0.717) is 11.4 Å². The third kappa shape index (κ3) is 3.29. The van der Waals surface area contributed by atoms with Gasteiger partial charge in [-0.15, -0.1) is 0 Å². The first-order valence-electron chi connectivity index (χ1n) is 8.23. The van der Waals surface area contributed by atoms with Crippen LogP contribution in [0.1, 0.15) is 16.2 Å². The molecule has 4 heterocycles. The summed E-state index contributed by atoms with van der Waals surface area (Å²) in [5, 5.41) is 6.15. The number of pyridine rings is 1. The lowest BCUT2D eigenvalue weighted by Gasteiger charge is -2.28. The van der Waals surface area contributed by atoms with Crippen LogP contribution in [-0.2, 0) is 0 Å². The molecule has 8 heteroatoms. The SMILES string of the molecule is Cc1cn2cc(C(=O)Nc3ccc(N4CCNCC4)nc3)ncc2n1. The number of nitrogens with zero attached hydrogens (tertiary/aromatic N) is 5. The van der Waals surface area contributed by atoms with Crippen molar-refractivity contribution in [2.75, 3.05) is 36.4 Å². The van der Waals surface area contributed by atoms with E-state index in [2.05, 4.69) is 30.5 Å². The highest BCUT2D eigenvalue weighted by atomic mass is 16.1. The Morgan fingerprint density at radius 2 is 2.00 bits per heavy atom. The minimum absolute atomic E-state index is 0.273. The third-order valence-electron chi connectivity index (χ3n) is 4.14. The summed E-state index contributed by atoms with van der Waals surface area (Å²) in [6.07, 6.45) is 6.80. The fourth-order valence-corrected chi connectivity index (χ4v) is 2.88. The van der Waals surface area contributed by atoms with Crippen molar-refractivity contribution in [2.45, 2.75) is 6.92 Å². The van der Waals surface area contributed by atoms with Crippen molar-refractivity contribution in [2.24, 2.45) is 0 Å². The van der Waals surface area contributed by atoms with Gasteiger partial charge in [-0.2, -0.15) is 0 Å². The van der Waals surface area contributed by atoms with Gasteiger partial charge in [0.1, 0.15) is 11.5 Å². The van der Waals surface area contributed by atoms with E-state index >= 15 is 0 Å². The monoisotopic (exact) mass is 337 g/mol. The van der Waals surface area contributed by atoms with Crippen LogP contribution in [0, 0.1) is 6.92 Å². The zero-order chi connectivity index (χ0) is 17.2. The average molecular weight is 337 g/mol. The van der Waals surface area contributed by atoms with Gasteiger partial charge in [0.25, 0.3) is 5.91 Å². The van der Waals surface area contributed by atoms with Crippen LogP contribution in [0.15, 0.2) is 36.9 Å². The molecular formula is C17H19N7O. The van der Waals surface area contributed by atoms with Crippen molar-refractivity contribution in [3.63, 3.8) is 0 Å². The summed E-state index contributed by atoms with van der Waals surface area (Å²) < 4.78 is 1.79. The highest BCUT2D eigenvalue weighted by molar-refractivity contribution is 6.02. The first kappa shape index (κ1) is 15.5. The molecule has 0 spiro atoms. The number of fused-ring (bicyclic) bond motifs is 1. The Hall–Kier alpha value is -3.00. The minimum atomic E-state index is -0.273. The molecule has 0 radical (unpaired) electrons. The van der Waals surface area contributed by atoms with Crippen molar-refractivity contribution in [3.8, 4) is 0 Å². The quantitative estimate of drug-likeness (QED) is 0.744. The topological polar surface area (TPSA) is 87.5 Å². The van der Waals surface area contributed by atoms with Gasteiger partial charge in [-0.1, -0.05) is 0 Å². The Labute approximate surface area is 144 Å². The van der Waals surface area contributed by atoms with Gasteiger partial charge in [-0.05, 0) is 19.1 Å². The van der Waals surface area contributed by atoms with Crippen molar-refractivity contribution in [1.82, 2.24) is 24.7 Å². The first-order valence-corrected chi connectivity index (χ1v) is 8.23. The van der Waals surface area contributed by atoms with Gasteiger partial charge >= 0.3 is 0 Å². The number of hydrogen-bond acceptors (Lipinski definition) is 6. The Morgan fingerprint density at radius 1 is 1.16 bits per heavy atom. The van der Waals surface area contributed by atoms with Crippen LogP contribution in [0.4, 0.5) is 11.5 Å². The second kappa shape index (κ2) is 6.48. The number of nitrogens with one attached hydrogen (secondary N) is 2. The molecule has 3 aromatic rings. The third-order valence-corrected chi connectivity index (χ3v) is 4.14. The van der Waals surface area contributed by atoms with E-state index in [1.165, 1.54) is 0 Å². The van der Waals surface area contributed by atoms with E-state index in [1.807, 2.05) is 25.3 Å². The number of rotatable bonds is 3. The number of hydrogen-bond donors (Lipinski definition) is 2. The Bertz CT molecular complexity index is 897. The van der Waals surface area contributed by atoms with Gasteiger partial charge in [-0.25, -0.2) is 15.0 Å². The van der Waals surface area contributed by atoms with Gasteiger partial charge in [0.2, 0.25) is 0 Å². The lowest BCUT2D eigenvalue weighted by atomic mass is 10.3. The summed E-state index contributed by atoms with van der Waals surface area (Å²) >= 11 is 0. The number of anilines is 2. The smallest absolute Gasteiger partial charge is 0.275 e. The van der Waals surface area contributed by atoms with E-state index in [4.69, 9.17) is 0 Å². The fraction of sp³-hybridized carbons (Fsp3) is 0.294. The van der Waals surface area contributed by atoms with Crippen molar-refractivity contribution in [3.05, 3.63) is 48.3 Å². The molecule has 0 aliphatic carbocycles. The average Bonchev–Trinajstić information content (AvgIpc) is 3.02. The van der Waals surface area contributed by atoms with Crippen LogP contribution in [0.5, 0.6) is 0 Å². The molecule has 0 bridgehead atoms. The van der Waals surface area contributed by atoms with E-state index in [0.717, 1.165) is 43.3 Å². The van der Waals surface area contributed by atoms with Crippen LogP contribution in [0.2, 0.25) is 0 Å². The van der Waals surface area contributed by atoms with Crippen LogP contribution in [0.25, 0.3) is 5.65 Å². The molecule has 0 saturated carbocycles. The standard InChI is InChI=1S/C17H19N7O/c1-12-10-24-11-14(19-9-16(24)21-12)17(25)22-13-2-3-15(20-8-13)23-6-4-18-5-7-23/h2-3,8-11,18H,4-7H2,1H3,(H,22,25). The normalized spacial score (nSPS) is 14.7. The lowest BCUT2D eigenvalue weighted by molar-refractivity contribution is 0.102. The number of aryl methyl sites for hydroxylation is 1. The summed E-state index contributed by atoms with van der Waals surface area (Å²) in [4.78, 5) is 27.5. The van der Waals surface area contributed by atoms with Crippen molar-refractivity contribution in [1.29, 1.82) is 0 Å². The van der Waals surface area contributed by atoms with E-state index in [1.54, 1.807) is 23.0 Å². The summed E-state index contributed by atoms with van der Waals surface area (Å²) in [6, 6.07) is 3.79. The number of piperazine rings is 1. The molecule has 25 heavy (non-hydrogen) atoms. The first-order chi connectivity index (χ1) is 12.2. The Balaban J connectivity index is 1.47. The van der Waals surface area contributed by atoms with E-state index in [-0.39, 0.29) is 5.91 Å². The Morgan fingerprint density at radius 3 is 2.76 bits per heavy atom. The molecule has 8 nitrogen and oxygen atoms in total. The summed E-state index contributed by atoms with van der Waals surface area (Å²) in [5.74, 6) is 0.651. The second-order valence-electron chi connectivity index (χ2n) is 6.02. The molecule has 1 aliphatic rings. The molecule has 128 valence electrons. The Kier molecular flexibility index (Phi) is 4.02. The van der Waals surface area contributed by atoms with Gasteiger partial charge in [0.15, 0.2) is 5.65 Å². The van der Waals surface area contributed by atoms with Crippen LogP contribution in [0.3, 0.4) is 0 Å². The number of aromatic nitrogens is 4. The minimum Gasteiger partial charge on any atom is -0.354 e. The number of imidazole rings is 1. The van der Waals surface area contributed by atoms with E-state index in [9.17, 15) is 4.79 Å². The van der Waals surface area contributed by atoms with Gasteiger partial charge < -0.3 is 19.9 Å². The molecular weight excluding hydrogens is 318 g/mol. The molecule has 4 rings (SSSR count). The second-order valence-corrected chi connectivity index (χ2v) is 6.02. The summed E-state index contributed by atoms with van der Waals surface area (Å²) in [6.45, 7) is 5.70. The molecule has 1 amide bonds. The van der Waals surface area contributed by atoms with Gasteiger partial charge in [-0.3, -0.25) is 4.79 Å². The van der Waals surface area contributed by atoms with Crippen LogP contribution >= 0.6 is 0 Å². The van der Waals surface area contributed by atoms with Gasteiger partial charge in [0.05, 0.1) is 23.8 Å². The molecule has 0 unspecified atom stereocenters. The molecule has 2 N–H and O–H groups in total. The molecule has 0 aromatic carbocycles. The van der Waals surface area contributed by atoms with Crippen molar-refractivity contribution < 1.29 is 4.79 Å². The molecule has 1 fully saturated rings. The lowest BCUT2D eigenvalue weighted by Crippen LogP contribution is -2.43. The zero-order valence-electron chi connectivity index (χ0n) is 13.9. The maximum Gasteiger partial charge on any atom is 0.275 e. The maximum atomic E-state index is 12.4. The molecule has 0 atom stereocenters. The van der Waals surface area contributed by atoms with E-state index < -0.39 is 0 Å². The largest absolute Gasteiger partial charge is 0.354 e. The summed E-state index contributed by atoms with van der Waals surface area (Å²) in [5.41, 5.74) is 2.58. The molecule has 1 aliphatic heterocycles. The van der Waals surface area contributed by atoms with Crippen molar-refractivity contribution >= 4 is 23.1 Å². The zero-order valence-corrected chi connectivity index (χ0v) is 13.9. The predicted octanol–water partition coefficient (Wildman–Crippen LogP) is 1.09. The number of carbonyl (C=O) groups excluding carboxylic acids is 1. The predicted molar refractivity (Wildman–Crippen MR) is 95.0 cm³/mol. The number of carbonyl (C=O) groups is 1. The van der Waals surface area contributed by atoms with Gasteiger partial charge in [0, 0.05) is 38.6 Å². The highest BCUT2D eigenvalue weighted by Gasteiger charge is 2.13.